The summed E-state index contributed by atoms with van der Waals surface area (Å²) >= 11 is 0. The van der Waals surface area contributed by atoms with Gasteiger partial charge in [-0.05, 0) is 25.3 Å². The lowest BCUT2D eigenvalue weighted by atomic mass is 10.1. The van der Waals surface area contributed by atoms with Crippen molar-refractivity contribution in [2.24, 2.45) is 5.92 Å². The second-order valence-electron chi connectivity index (χ2n) is 5.59. The topological polar surface area (TPSA) is 67.2 Å². The number of likely N-dealkylation sites (tertiary alicyclic amines) is 1. The highest BCUT2D eigenvalue weighted by Crippen LogP contribution is 2.32. The van der Waals surface area contributed by atoms with Gasteiger partial charge in [0.25, 0.3) is 0 Å². The van der Waals surface area contributed by atoms with Crippen molar-refractivity contribution in [2.45, 2.75) is 38.3 Å². The molecule has 1 aromatic rings. The average molecular weight is 276 g/mol. The molecular weight excluding hydrogens is 256 g/mol. The van der Waals surface area contributed by atoms with Gasteiger partial charge in [-0.2, -0.15) is 5.10 Å². The van der Waals surface area contributed by atoms with Crippen LogP contribution in [0.2, 0.25) is 0 Å². The van der Waals surface area contributed by atoms with E-state index in [1.807, 2.05) is 21.8 Å². The molecule has 1 aliphatic heterocycles. The largest absolute Gasteiger partial charge is 0.356 e. The van der Waals surface area contributed by atoms with E-state index >= 15 is 0 Å². The molecule has 0 radical (unpaired) electrons. The van der Waals surface area contributed by atoms with Crippen LogP contribution in [0, 0.1) is 5.92 Å². The highest BCUT2D eigenvalue weighted by molar-refractivity contribution is 5.89. The average Bonchev–Trinajstić information content (AvgIpc) is 2.99. The van der Waals surface area contributed by atoms with Crippen molar-refractivity contribution in [3.8, 4) is 0 Å². The van der Waals surface area contributed by atoms with Gasteiger partial charge in [-0.25, -0.2) is 0 Å². The summed E-state index contributed by atoms with van der Waals surface area (Å²) in [7, 11) is 0. The van der Waals surface area contributed by atoms with Crippen molar-refractivity contribution < 1.29 is 9.59 Å². The first-order valence-corrected chi connectivity index (χ1v) is 7.28. The Morgan fingerprint density at radius 1 is 1.45 bits per heavy atom. The fourth-order valence-electron chi connectivity index (χ4n) is 2.68. The Hall–Kier alpha value is -1.85. The van der Waals surface area contributed by atoms with Crippen molar-refractivity contribution in [3.05, 3.63) is 18.5 Å². The van der Waals surface area contributed by atoms with E-state index in [2.05, 4.69) is 10.4 Å². The van der Waals surface area contributed by atoms with E-state index in [-0.39, 0.29) is 17.7 Å². The summed E-state index contributed by atoms with van der Waals surface area (Å²) in [5.74, 6) is -0.000963. The molecule has 2 fully saturated rings. The van der Waals surface area contributed by atoms with Gasteiger partial charge in [-0.1, -0.05) is 0 Å². The first-order valence-electron chi connectivity index (χ1n) is 7.28. The molecule has 3 rings (SSSR count). The van der Waals surface area contributed by atoms with Gasteiger partial charge in [-0.15, -0.1) is 0 Å². The third kappa shape index (κ3) is 3.00. The summed E-state index contributed by atoms with van der Waals surface area (Å²) in [6.07, 6.45) is 7.08. The number of rotatable bonds is 6. The fraction of sp³-hybridized carbons (Fsp3) is 0.643. The number of nitrogens with zero attached hydrogens (tertiary/aromatic N) is 3. The molecule has 1 saturated carbocycles. The SMILES string of the molecule is O=C(NCCCn1cccn1)C1CC(=O)N(C2CC2)C1. The van der Waals surface area contributed by atoms with Crippen LogP contribution in [-0.4, -0.2) is 45.6 Å². The molecule has 1 aliphatic carbocycles. The molecule has 2 aliphatic rings. The maximum absolute atomic E-state index is 12.0. The Labute approximate surface area is 118 Å². The number of amides is 2. The Bertz CT molecular complexity index is 481. The van der Waals surface area contributed by atoms with Gasteiger partial charge in [0.15, 0.2) is 0 Å². The number of hydrogen-bond donors (Lipinski definition) is 1. The van der Waals surface area contributed by atoms with E-state index in [0.29, 0.717) is 25.6 Å². The minimum Gasteiger partial charge on any atom is -0.356 e. The minimum absolute atomic E-state index is 0.0157. The smallest absolute Gasteiger partial charge is 0.225 e. The lowest BCUT2D eigenvalue weighted by molar-refractivity contribution is -0.129. The first-order chi connectivity index (χ1) is 9.74. The summed E-state index contributed by atoms with van der Waals surface area (Å²) in [5.41, 5.74) is 0. The fourth-order valence-corrected chi connectivity index (χ4v) is 2.68. The molecule has 1 atom stereocenters. The summed E-state index contributed by atoms with van der Waals surface area (Å²) in [6.45, 7) is 2.03. The molecule has 0 aromatic carbocycles. The lowest BCUT2D eigenvalue weighted by Crippen LogP contribution is -2.34. The zero-order valence-electron chi connectivity index (χ0n) is 11.5. The number of aromatic nitrogens is 2. The van der Waals surface area contributed by atoms with Crippen molar-refractivity contribution in [1.82, 2.24) is 20.0 Å². The van der Waals surface area contributed by atoms with E-state index in [4.69, 9.17) is 0 Å². The number of hydrogen-bond acceptors (Lipinski definition) is 3. The summed E-state index contributed by atoms with van der Waals surface area (Å²) in [5, 5.41) is 7.04. The van der Waals surface area contributed by atoms with E-state index in [9.17, 15) is 9.59 Å². The maximum atomic E-state index is 12.0. The quantitative estimate of drug-likeness (QED) is 0.765. The molecule has 0 spiro atoms. The summed E-state index contributed by atoms with van der Waals surface area (Å²) in [4.78, 5) is 25.7. The second kappa shape index (κ2) is 5.64. The Kier molecular flexibility index (Phi) is 3.71. The predicted octanol–water partition coefficient (Wildman–Crippen LogP) is 0.400. The molecule has 108 valence electrons. The number of aryl methyl sites for hydroxylation is 1. The maximum Gasteiger partial charge on any atom is 0.225 e. The van der Waals surface area contributed by atoms with Crippen LogP contribution < -0.4 is 5.32 Å². The molecule has 6 heteroatoms. The molecule has 1 N–H and O–H groups in total. The molecule has 1 saturated heterocycles. The van der Waals surface area contributed by atoms with Crippen LogP contribution in [0.1, 0.15) is 25.7 Å². The van der Waals surface area contributed by atoms with Crippen LogP contribution in [-0.2, 0) is 16.1 Å². The van der Waals surface area contributed by atoms with E-state index < -0.39 is 0 Å². The first kappa shape index (κ1) is 13.1. The van der Waals surface area contributed by atoms with Gasteiger partial charge in [0.2, 0.25) is 11.8 Å². The van der Waals surface area contributed by atoms with Gasteiger partial charge in [0.1, 0.15) is 0 Å². The van der Waals surface area contributed by atoms with Gasteiger partial charge in [-0.3, -0.25) is 14.3 Å². The molecule has 1 aromatic heterocycles. The van der Waals surface area contributed by atoms with Crippen LogP contribution >= 0.6 is 0 Å². The van der Waals surface area contributed by atoms with Crippen molar-refractivity contribution >= 4 is 11.8 Å². The lowest BCUT2D eigenvalue weighted by Gasteiger charge is -2.15. The molecule has 2 heterocycles. The van der Waals surface area contributed by atoms with E-state index in [1.165, 1.54) is 0 Å². The Balaban J connectivity index is 1.37. The van der Waals surface area contributed by atoms with Gasteiger partial charge in [0, 0.05) is 44.5 Å². The van der Waals surface area contributed by atoms with Crippen LogP contribution in [0.3, 0.4) is 0 Å². The van der Waals surface area contributed by atoms with Crippen LogP contribution in [0.5, 0.6) is 0 Å². The van der Waals surface area contributed by atoms with Crippen molar-refractivity contribution in [2.75, 3.05) is 13.1 Å². The number of carbonyl (C=O) groups excluding carboxylic acids is 2. The van der Waals surface area contributed by atoms with Crippen LogP contribution in [0.4, 0.5) is 0 Å². The Morgan fingerprint density at radius 3 is 3.00 bits per heavy atom. The standard InChI is InChI=1S/C14H20N4O2/c19-13-9-11(10-18(13)12-3-4-12)14(20)15-5-1-7-17-8-2-6-16-17/h2,6,8,11-12H,1,3-5,7,9-10H2,(H,15,20). The second-order valence-corrected chi connectivity index (χ2v) is 5.59. The normalized spacial score (nSPS) is 22.3. The van der Waals surface area contributed by atoms with Crippen LogP contribution in [0.25, 0.3) is 0 Å². The minimum atomic E-state index is -0.159. The summed E-state index contributed by atoms with van der Waals surface area (Å²) in [6, 6.07) is 2.30. The van der Waals surface area contributed by atoms with E-state index in [1.54, 1.807) is 6.20 Å². The molecular formula is C14H20N4O2. The zero-order valence-corrected chi connectivity index (χ0v) is 11.5. The van der Waals surface area contributed by atoms with Crippen molar-refractivity contribution in [1.29, 1.82) is 0 Å². The predicted molar refractivity (Wildman–Crippen MR) is 72.7 cm³/mol. The number of carbonyl (C=O) groups is 2. The van der Waals surface area contributed by atoms with Gasteiger partial charge >= 0.3 is 0 Å². The molecule has 6 nitrogen and oxygen atoms in total. The molecule has 2 amide bonds. The Morgan fingerprint density at radius 2 is 2.30 bits per heavy atom. The van der Waals surface area contributed by atoms with Gasteiger partial charge in [0.05, 0.1) is 5.92 Å². The molecule has 1 unspecified atom stereocenters. The van der Waals surface area contributed by atoms with E-state index in [0.717, 1.165) is 25.8 Å². The molecule has 20 heavy (non-hydrogen) atoms. The van der Waals surface area contributed by atoms with Crippen molar-refractivity contribution in [3.63, 3.8) is 0 Å². The third-order valence-corrected chi connectivity index (χ3v) is 3.94. The van der Waals surface area contributed by atoms with Gasteiger partial charge < -0.3 is 10.2 Å². The monoisotopic (exact) mass is 276 g/mol. The highest BCUT2D eigenvalue weighted by Gasteiger charge is 2.41. The number of nitrogens with one attached hydrogen (secondary N) is 1. The third-order valence-electron chi connectivity index (χ3n) is 3.94. The molecule has 0 bridgehead atoms. The summed E-state index contributed by atoms with van der Waals surface area (Å²) < 4.78 is 1.85. The van der Waals surface area contributed by atoms with Crippen LogP contribution in [0.15, 0.2) is 18.5 Å². The zero-order chi connectivity index (χ0) is 13.9. The highest BCUT2D eigenvalue weighted by atomic mass is 16.2.